The van der Waals surface area contributed by atoms with Crippen LogP contribution in [0.1, 0.15) is 37.7 Å². The van der Waals surface area contributed by atoms with Gasteiger partial charge in [-0.1, -0.05) is 31.4 Å². The largest absolute Gasteiger partial charge is 0.381 e. The molecule has 160 valence electrons. The minimum absolute atomic E-state index is 0.0490. The van der Waals surface area contributed by atoms with Crippen molar-refractivity contribution in [2.45, 2.75) is 43.5 Å². The zero-order valence-electron chi connectivity index (χ0n) is 16.8. The summed E-state index contributed by atoms with van der Waals surface area (Å²) in [6, 6.07) is 11.3. The summed E-state index contributed by atoms with van der Waals surface area (Å²) >= 11 is 0. The van der Waals surface area contributed by atoms with Gasteiger partial charge in [0.1, 0.15) is 4.90 Å². The van der Waals surface area contributed by atoms with E-state index in [4.69, 9.17) is 0 Å². The number of benzene rings is 2. The molecule has 1 fully saturated rings. The summed E-state index contributed by atoms with van der Waals surface area (Å²) in [5, 5.41) is 17.1. The molecular weight excluding hydrogens is 406 g/mol. The van der Waals surface area contributed by atoms with Crippen molar-refractivity contribution in [3.8, 4) is 0 Å². The number of sulfone groups is 1. The van der Waals surface area contributed by atoms with Gasteiger partial charge in [-0.25, -0.2) is 8.42 Å². The molecule has 1 aliphatic carbocycles. The first kappa shape index (κ1) is 21.8. The molecule has 1 amide bonds. The fraction of sp³-hybridized carbons (Fsp3) is 0.381. The fourth-order valence-electron chi connectivity index (χ4n) is 3.64. The van der Waals surface area contributed by atoms with Crippen molar-refractivity contribution in [1.82, 2.24) is 0 Å². The van der Waals surface area contributed by atoms with E-state index >= 15 is 0 Å². The topological polar surface area (TPSA) is 118 Å². The van der Waals surface area contributed by atoms with Crippen molar-refractivity contribution in [3.63, 3.8) is 0 Å². The van der Waals surface area contributed by atoms with Crippen LogP contribution < -0.4 is 10.6 Å². The molecule has 2 N–H and O–H groups in total. The molecule has 2 aromatic rings. The van der Waals surface area contributed by atoms with Crippen molar-refractivity contribution >= 4 is 32.8 Å². The van der Waals surface area contributed by atoms with E-state index in [2.05, 4.69) is 10.6 Å². The smallest absolute Gasteiger partial charge is 0.288 e. The van der Waals surface area contributed by atoms with E-state index in [1.54, 1.807) is 0 Å². The molecule has 9 heteroatoms. The molecule has 0 aromatic heterocycles. The number of nitrogens with zero attached hydrogens (tertiary/aromatic N) is 1. The fourth-order valence-corrected chi connectivity index (χ4v) is 4.51. The number of nitro groups is 1. The normalized spacial score (nSPS) is 14.8. The number of amides is 1. The molecule has 3 rings (SSSR count). The second-order valence-corrected chi connectivity index (χ2v) is 9.57. The van der Waals surface area contributed by atoms with Crippen LogP contribution in [0.25, 0.3) is 0 Å². The molecule has 1 saturated carbocycles. The highest BCUT2D eigenvalue weighted by molar-refractivity contribution is 7.90. The Kier molecular flexibility index (Phi) is 6.71. The quantitative estimate of drug-likeness (QED) is 0.503. The predicted octanol–water partition coefficient (Wildman–Crippen LogP) is 4.13. The summed E-state index contributed by atoms with van der Waals surface area (Å²) in [5.41, 5.74) is 1.61. The van der Waals surface area contributed by atoms with Gasteiger partial charge in [0.2, 0.25) is 5.91 Å². The standard InChI is InChI=1S/C21H25N3O5S/c1-30(28,29)20-13-17(10-11-19(20)24(26)27)22-14-15-6-5-9-18(12-15)23-21(25)16-7-3-2-4-8-16/h5-6,9-13,16,22H,2-4,7-8,14H2,1H3,(H,23,25). The molecule has 2 aromatic carbocycles. The first-order valence-corrected chi connectivity index (χ1v) is 11.8. The minimum atomic E-state index is -3.74. The number of hydrogen-bond donors (Lipinski definition) is 2. The third-order valence-corrected chi connectivity index (χ3v) is 6.35. The van der Waals surface area contributed by atoms with E-state index in [0.29, 0.717) is 17.9 Å². The first-order valence-electron chi connectivity index (χ1n) is 9.86. The summed E-state index contributed by atoms with van der Waals surface area (Å²) in [6.07, 6.45) is 6.16. The Morgan fingerprint density at radius 1 is 1.10 bits per heavy atom. The highest BCUT2D eigenvalue weighted by Gasteiger charge is 2.23. The maximum Gasteiger partial charge on any atom is 0.288 e. The zero-order valence-corrected chi connectivity index (χ0v) is 17.6. The minimum Gasteiger partial charge on any atom is -0.381 e. The lowest BCUT2D eigenvalue weighted by atomic mass is 9.88. The van der Waals surface area contributed by atoms with Gasteiger partial charge in [-0.05, 0) is 42.7 Å². The number of carbonyl (C=O) groups excluding carboxylic acids is 1. The van der Waals surface area contributed by atoms with Gasteiger partial charge in [-0.15, -0.1) is 0 Å². The maximum atomic E-state index is 12.4. The molecular formula is C21H25N3O5S. The first-order chi connectivity index (χ1) is 14.2. The van der Waals surface area contributed by atoms with Crippen LogP contribution in [0.2, 0.25) is 0 Å². The van der Waals surface area contributed by atoms with Gasteiger partial charge in [0.05, 0.1) is 4.92 Å². The molecule has 0 saturated heterocycles. The molecule has 0 unspecified atom stereocenters. The molecule has 0 heterocycles. The molecule has 0 aliphatic heterocycles. The molecule has 30 heavy (non-hydrogen) atoms. The van der Waals surface area contributed by atoms with Crippen LogP contribution in [0, 0.1) is 16.0 Å². The Bertz CT molecular complexity index is 1050. The van der Waals surface area contributed by atoms with Gasteiger partial charge in [-0.3, -0.25) is 14.9 Å². The number of rotatable bonds is 7. The molecule has 1 aliphatic rings. The third kappa shape index (κ3) is 5.56. The van der Waals surface area contributed by atoms with E-state index in [1.165, 1.54) is 24.6 Å². The Morgan fingerprint density at radius 2 is 1.83 bits per heavy atom. The van der Waals surface area contributed by atoms with Crippen molar-refractivity contribution in [1.29, 1.82) is 0 Å². The Hall–Kier alpha value is -2.94. The van der Waals surface area contributed by atoms with Crippen molar-refractivity contribution < 1.29 is 18.1 Å². The predicted molar refractivity (Wildman–Crippen MR) is 115 cm³/mol. The molecule has 0 spiro atoms. The lowest BCUT2D eigenvalue weighted by molar-refractivity contribution is -0.387. The lowest BCUT2D eigenvalue weighted by Gasteiger charge is -2.21. The zero-order chi connectivity index (χ0) is 21.7. The molecule has 0 bridgehead atoms. The van der Waals surface area contributed by atoms with Gasteiger partial charge in [-0.2, -0.15) is 0 Å². The average Bonchev–Trinajstić information content (AvgIpc) is 2.72. The highest BCUT2D eigenvalue weighted by atomic mass is 32.2. The average molecular weight is 432 g/mol. The molecule has 0 atom stereocenters. The van der Waals surface area contributed by atoms with Crippen LogP contribution in [0.15, 0.2) is 47.4 Å². The van der Waals surface area contributed by atoms with Gasteiger partial charge in [0.15, 0.2) is 9.84 Å². The summed E-state index contributed by atoms with van der Waals surface area (Å²) in [6.45, 7) is 0.369. The number of nitro benzene ring substituents is 1. The van der Waals surface area contributed by atoms with Crippen LogP contribution in [-0.4, -0.2) is 25.5 Å². The number of hydrogen-bond acceptors (Lipinski definition) is 6. The van der Waals surface area contributed by atoms with Crippen LogP contribution >= 0.6 is 0 Å². The second kappa shape index (κ2) is 9.25. The van der Waals surface area contributed by atoms with E-state index < -0.39 is 20.4 Å². The highest BCUT2D eigenvalue weighted by Crippen LogP contribution is 2.28. The van der Waals surface area contributed by atoms with E-state index in [-0.39, 0.29) is 16.7 Å². The summed E-state index contributed by atoms with van der Waals surface area (Å²) < 4.78 is 23.8. The van der Waals surface area contributed by atoms with Crippen LogP contribution in [0.4, 0.5) is 17.1 Å². The number of carbonyl (C=O) groups is 1. The van der Waals surface area contributed by atoms with Crippen LogP contribution in [0.3, 0.4) is 0 Å². The summed E-state index contributed by atoms with van der Waals surface area (Å²) in [5.74, 6) is 0.114. The Labute approximate surface area is 175 Å². The van der Waals surface area contributed by atoms with Gasteiger partial charge in [0, 0.05) is 36.2 Å². The van der Waals surface area contributed by atoms with E-state index in [1.807, 2.05) is 24.3 Å². The summed E-state index contributed by atoms with van der Waals surface area (Å²) in [7, 11) is -3.74. The summed E-state index contributed by atoms with van der Waals surface area (Å²) in [4.78, 5) is 22.5. The van der Waals surface area contributed by atoms with Gasteiger partial charge in [0.25, 0.3) is 5.69 Å². The van der Waals surface area contributed by atoms with Crippen LogP contribution in [0.5, 0.6) is 0 Å². The van der Waals surface area contributed by atoms with Crippen molar-refractivity contribution in [2.24, 2.45) is 5.92 Å². The monoisotopic (exact) mass is 431 g/mol. The van der Waals surface area contributed by atoms with Crippen molar-refractivity contribution in [2.75, 3.05) is 16.9 Å². The number of anilines is 2. The molecule has 8 nitrogen and oxygen atoms in total. The lowest BCUT2D eigenvalue weighted by Crippen LogP contribution is -2.24. The van der Waals surface area contributed by atoms with E-state index in [0.717, 1.165) is 37.5 Å². The second-order valence-electron chi connectivity index (χ2n) is 7.59. The SMILES string of the molecule is CS(=O)(=O)c1cc(NCc2cccc(NC(=O)C3CCCCC3)c2)ccc1[N+](=O)[O-]. The van der Waals surface area contributed by atoms with Gasteiger partial charge >= 0.3 is 0 Å². The maximum absolute atomic E-state index is 12.4. The third-order valence-electron chi connectivity index (χ3n) is 5.22. The molecule has 0 radical (unpaired) electrons. The van der Waals surface area contributed by atoms with Crippen molar-refractivity contribution in [3.05, 3.63) is 58.1 Å². The Morgan fingerprint density at radius 3 is 2.50 bits per heavy atom. The number of nitrogens with one attached hydrogen (secondary N) is 2. The van der Waals surface area contributed by atoms with E-state index in [9.17, 15) is 23.3 Å². The van der Waals surface area contributed by atoms with Gasteiger partial charge < -0.3 is 10.6 Å². The van der Waals surface area contributed by atoms with Crippen LogP contribution in [-0.2, 0) is 21.2 Å². The Balaban J connectivity index is 1.68.